The maximum absolute atomic E-state index is 12.3. The van der Waals surface area contributed by atoms with Crippen molar-refractivity contribution in [3.8, 4) is 0 Å². The van der Waals surface area contributed by atoms with Gasteiger partial charge in [0.25, 0.3) is 11.8 Å². The van der Waals surface area contributed by atoms with Crippen molar-refractivity contribution in [2.75, 3.05) is 6.54 Å². The van der Waals surface area contributed by atoms with Gasteiger partial charge in [-0.05, 0) is 32.6 Å². The van der Waals surface area contributed by atoms with Crippen LogP contribution >= 0.6 is 0 Å². The maximum atomic E-state index is 12.3. The first-order valence-corrected chi connectivity index (χ1v) is 6.99. The Balaban J connectivity index is 2.17. The third kappa shape index (κ3) is 2.55. The SMILES string of the molecule is C=C1C(=O)N(CC)C(=O)N(C2CCC(C(=O)O)CC2)C1=O. The molecule has 2 aliphatic rings. The zero-order valence-corrected chi connectivity index (χ0v) is 11.9. The molecule has 1 aliphatic carbocycles. The first-order valence-electron chi connectivity index (χ1n) is 6.99. The molecule has 0 aromatic carbocycles. The van der Waals surface area contributed by atoms with E-state index >= 15 is 0 Å². The summed E-state index contributed by atoms with van der Waals surface area (Å²) in [6, 6.07) is -0.988. The van der Waals surface area contributed by atoms with Crippen LogP contribution in [0.25, 0.3) is 0 Å². The van der Waals surface area contributed by atoms with Crippen molar-refractivity contribution in [3.05, 3.63) is 12.2 Å². The van der Waals surface area contributed by atoms with Gasteiger partial charge >= 0.3 is 12.0 Å². The highest BCUT2D eigenvalue weighted by Crippen LogP contribution is 2.30. The second kappa shape index (κ2) is 5.67. The molecule has 1 saturated heterocycles. The Hall–Kier alpha value is -2.18. The van der Waals surface area contributed by atoms with E-state index in [1.54, 1.807) is 6.92 Å². The van der Waals surface area contributed by atoms with Crippen LogP contribution in [0.4, 0.5) is 4.79 Å². The predicted molar refractivity (Wildman–Crippen MR) is 72.2 cm³/mol. The number of carboxylic acid groups (broad SMARTS) is 1. The number of amides is 4. The van der Waals surface area contributed by atoms with Crippen LogP contribution in [0.2, 0.25) is 0 Å². The fraction of sp³-hybridized carbons (Fsp3) is 0.571. The largest absolute Gasteiger partial charge is 0.481 e. The molecular weight excluding hydrogens is 276 g/mol. The van der Waals surface area contributed by atoms with E-state index in [4.69, 9.17) is 5.11 Å². The Labute approximate surface area is 122 Å². The molecule has 21 heavy (non-hydrogen) atoms. The van der Waals surface area contributed by atoms with E-state index in [0.29, 0.717) is 25.7 Å². The predicted octanol–water partition coefficient (Wildman–Crippen LogP) is 0.997. The quantitative estimate of drug-likeness (QED) is 0.619. The molecule has 1 N–H and O–H groups in total. The van der Waals surface area contributed by atoms with E-state index in [-0.39, 0.29) is 18.2 Å². The molecule has 2 rings (SSSR count). The van der Waals surface area contributed by atoms with Gasteiger partial charge in [-0.2, -0.15) is 0 Å². The number of hydrogen-bond acceptors (Lipinski definition) is 4. The van der Waals surface area contributed by atoms with Crippen LogP contribution < -0.4 is 0 Å². The van der Waals surface area contributed by atoms with Gasteiger partial charge in [-0.3, -0.25) is 24.2 Å². The van der Waals surface area contributed by atoms with Crippen molar-refractivity contribution in [3.63, 3.8) is 0 Å². The van der Waals surface area contributed by atoms with Gasteiger partial charge in [0.15, 0.2) is 0 Å². The molecule has 7 nitrogen and oxygen atoms in total. The van der Waals surface area contributed by atoms with E-state index in [0.717, 1.165) is 9.80 Å². The molecule has 0 bridgehead atoms. The highest BCUT2D eigenvalue weighted by atomic mass is 16.4. The minimum Gasteiger partial charge on any atom is -0.481 e. The number of aliphatic carboxylic acids is 1. The van der Waals surface area contributed by atoms with Gasteiger partial charge in [0.2, 0.25) is 0 Å². The van der Waals surface area contributed by atoms with Gasteiger partial charge < -0.3 is 5.11 Å². The second-order valence-electron chi connectivity index (χ2n) is 5.33. The standard InChI is InChI=1S/C14H18N2O5/c1-3-15-11(17)8(2)12(18)16(14(15)21)10-6-4-9(5-7-10)13(19)20/h9-10H,2-7H2,1H3,(H,19,20). The summed E-state index contributed by atoms with van der Waals surface area (Å²) in [5.74, 6) is -2.58. The summed E-state index contributed by atoms with van der Waals surface area (Å²) in [4.78, 5) is 49.3. The summed E-state index contributed by atoms with van der Waals surface area (Å²) in [5, 5.41) is 8.98. The molecule has 0 aromatic rings. The molecule has 4 amide bonds. The van der Waals surface area contributed by atoms with Crippen LogP contribution in [0, 0.1) is 5.92 Å². The highest BCUT2D eigenvalue weighted by molar-refractivity contribution is 6.28. The van der Waals surface area contributed by atoms with Gasteiger partial charge in [0, 0.05) is 12.6 Å². The Bertz CT molecular complexity index is 519. The molecule has 1 aliphatic heterocycles. The zero-order valence-electron chi connectivity index (χ0n) is 11.9. The number of nitrogens with zero attached hydrogens (tertiary/aromatic N) is 2. The summed E-state index contributed by atoms with van der Waals surface area (Å²) in [6.07, 6.45) is 1.72. The summed E-state index contributed by atoms with van der Waals surface area (Å²) >= 11 is 0. The molecule has 0 aromatic heterocycles. The Morgan fingerprint density at radius 3 is 2.24 bits per heavy atom. The summed E-state index contributed by atoms with van der Waals surface area (Å²) in [7, 11) is 0. The minimum absolute atomic E-state index is 0.172. The third-order valence-electron chi connectivity index (χ3n) is 4.14. The zero-order chi connectivity index (χ0) is 15.7. The Kier molecular flexibility index (Phi) is 4.11. The molecule has 1 saturated carbocycles. The minimum atomic E-state index is -0.848. The molecule has 114 valence electrons. The number of barbiturate groups is 1. The molecule has 1 heterocycles. The van der Waals surface area contributed by atoms with Gasteiger partial charge in [0.05, 0.1) is 11.5 Å². The number of imide groups is 2. The average molecular weight is 294 g/mol. The number of carbonyl (C=O) groups is 4. The topological polar surface area (TPSA) is 95.0 Å². The average Bonchev–Trinajstić information content (AvgIpc) is 2.46. The van der Waals surface area contributed by atoms with E-state index < -0.39 is 29.7 Å². The van der Waals surface area contributed by atoms with Crippen molar-refractivity contribution < 1.29 is 24.3 Å². The molecule has 2 fully saturated rings. The van der Waals surface area contributed by atoms with Crippen LogP contribution in [-0.4, -0.2) is 51.3 Å². The smallest absolute Gasteiger partial charge is 0.334 e. The molecular formula is C14H18N2O5. The molecule has 7 heteroatoms. The molecule has 0 spiro atoms. The molecule has 0 unspecified atom stereocenters. The van der Waals surface area contributed by atoms with Gasteiger partial charge in [-0.25, -0.2) is 4.79 Å². The van der Waals surface area contributed by atoms with E-state index in [9.17, 15) is 19.2 Å². The first-order chi connectivity index (χ1) is 9.88. The number of urea groups is 1. The number of carbonyl (C=O) groups excluding carboxylic acids is 3. The highest BCUT2D eigenvalue weighted by Gasteiger charge is 2.44. The fourth-order valence-electron chi connectivity index (χ4n) is 2.89. The normalized spacial score (nSPS) is 27.3. The van der Waals surface area contributed by atoms with E-state index in [1.165, 1.54) is 0 Å². The number of likely N-dealkylation sites (N-methyl/N-ethyl adjacent to an activating group) is 1. The van der Waals surface area contributed by atoms with Crippen molar-refractivity contribution in [1.29, 1.82) is 0 Å². The van der Waals surface area contributed by atoms with Crippen LogP contribution in [0.1, 0.15) is 32.6 Å². The summed E-state index contributed by atoms with van der Waals surface area (Å²) < 4.78 is 0. The van der Waals surface area contributed by atoms with Gasteiger partial charge in [-0.15, -0.1) is 0 Å². The summed E-state index contributed by atoms with van der Waals surface area (Å²) in [6.45, 7) is 5.29. The third-order valence-corrected chi connectivity index (χ3v) is 4.14. The lowest BCUT2D eigenvalue weighted by Gasteiger charge is -2.40. The second-order valence-corrected chi connectivity index (χ2v) is 5.33. The lowest BCUT2D eigenvalue weighted by Crippen LogP contribution is -2.59. The maximum Gasteiger partial charge on any atom is 0.334 e. The van der Waals surface area contributed by atoms with Crippen LogP contribution in [-0.2, 0) is 14.4 Å². The Morgan fingerprint density at radius 2 is 1.76 bits per heavy atom. The monoisotopic (exact) mass is 294 g/mol. The summed E-state index contributed by atoms with van der Waals surface area (Å²) in [5.41, 5.74) is -0.211. The van der Waals surface area contributed by atoms with Crippen LogP contribution in [0.5, 0.6) is 0 Å². The lowest BCUT2D eigenvalue weighted by molar-refractivity contribution is -0.143. The van der Waals surface area contributed by atoms with Crippen molar-refractivity contribution in [1.82, 2.24) is 9.80 Å². The van der Waals surface area contributed by atoms with E-state index in [2.05, 4.69) is 6.58 Å². The molecule has 0 radical (unpaired) electrons. The number of rotatable bonds is 3. The van der Waals surface area contributed by atoms with Crippen LogP contribution in [0.15, 0.2) is 12.2 Å². The van der Waals surface area contributed by atoms with E-state index in [1.807, 2.05) is 0 Å². The number of carboxylic acids is 1. The van der Waals surface area contributed by atoms with Gasteiger partial charge in [-0.1, -0.05) is 6.58 Å². The van der Waals surface area contributed by atoms with Gasteiger partial charge in [0.1, 0.15) is 0 Å². The fourth-order valence-corrected chi connectivity index (χ4v) is 2.89. The first kappa shape index (κ1) is 15.2. The molecule has 0 atom stereocenters. The van der Waals surface area contributed by atoms with Crippen LogP contribution in [0.3, 0.4) is 0 Å². The lowest BCUT2D eigenvalue weighted by atomic mass is 9.85. The Morgan fingerprint density at radius 1 is 1.19 bits per heavy atom. The van der Waals surface area contributed by atoms with Crippen molar-refractivity contribution in [2.45, 2.75) is 38.6 Å². The van der Waals surface area contributed by atoms with Crippen molar-refractivity contribution in [2.24, 2.45) is 5.92 Å². The van der Waals surface area contributed by atoms with Crippen molar-refractivity contribution >= 4 is 23.8 Å². The number of hydrogen-bond donors (Lipinski definition) is 1.